The van der Waals surface area contributed by atoms with Gasteiger partial charge in [0, 0.05) is 19.2 Å². The van der Waals surface area contributed by atoms with Gasteiger partial charge in [-0.15, -0.1) is 0 Å². The molecule has 10 heteroatoms. The summed E-state index contributed by atoms with van der Waals surface area (Å²) in [5.74, 6) is -1.09. The molecule has 0 aliphatic carbocycles. The molecule has 2 amide bonds. The van der Waals surface area contributed by atoms with Crippen LogP contribution >= 0.6 is 11.6 Å². The Morgan fingerprint density at radius 1 is 1.09 bits per heavy atom. The van der Waals surface area contributed by atoms with Gasteiger partial charge in [0.05, 0.1) is 28.9 Å². The molecule has 2 atom stereocenters. The maximum absolute atomic E-state index is 14.6. The molecule has 2 heterocycles. The molecule has 184 valence electrons. The maximum atomic E-state index is 14.6. The fourth-order valence-corrected chi connectivity index (χ4v) is 4.23. The number of carbonyl (C=O) groups is 1. The van der Waals surface area contributed by atoms with Crippen LogP contribution in [0.4, 0.5) is 22.4 Å². The Morgan fingerprint density at radius 2 is 1.83 bits per heavy atom. The topological polar surface area (TPSA) is 63.2 Å². The van der Waals surface area contributed by atoms with Gasteiger partial charge in [0.2, 0.25) is 0 Å². The Morgan fingerprint density at radius 3 is 2.46 bits per heavy atom. The lowest BCUT2D eigenvalue weighted by Crippen LogP contribution is -2.54. The normalized spacial score (nSPS) is 17.6. The number of hydrogen-bond acceptors (Lipinski definition) is 3. The Hall–Kier alpha value is -3.17. The summed E-state index contributed by atoms with van der Waals surface area (Å²) in [7, 11) is 0. The van der Waals surface area contributed by atoms with Crippen molar-refractivity contribution in [2.75, 3.05) is 13.2 Å². The molecule has 0 saturated carbocycles. The third-order valence-corrected chi connectivity index (χ3v) is 6.01. The van der Waals surface area contributed by atoms with Crippen molar-refractivity contribution >= 4 is 17.6 Å². The third kappa shape index (κ3) is 5.91. The quantitative estimate of drug-likeness (QED) is 0.435. The zero-order chi connectivity index (χ0) is 25.1. The minimum absolute atomic E-state index is 0.00217. The molecule has 5 nitrogen and oxygen atoms in total. The molecule has 0 bridgehead atoms. The molecule has 0 spiro atoms. The molecule has 0 radical (unpaired) electrons. The maximum Gasteiger partial charge on any atom is 0.416 e. The van der Waals surface area contributed by atoms with E-state index >= 15 is 0 Å². The first-order valence-electron chi connectivity index (χ1n) is 10.9. The second-order valence-corrected chi connectivity index (χ2v) is 8.75. The molecule has 35 heavy (non-hydrogen) atoms. The third-order valence-electron chi connectivity index (χ3n) is 5.79. The number of halogens is 5. The number of aromatic nitrogens is 1. The van der Waals surface area contributed by atoms with Gasteiger partial charge in [-0.1, -0.05) is 41.9 Å². The molecule has 3 aromatic rings. The minimum atomic E-state index is -4.80. The van der Waals surface area contributed by atoms with Crippen LogP contribution in [0, 0.1) is 5.82 Å². The van der Waals surface area contributed by atoms with Crippen molar-refractivity contribution < 1.29 is 27.1 Å². The van der Waals surface area contributed by atoms with E-state index in [4.69, 9.17) is 16.3 Å². The van der Waals surface area contributed by atoms with E-state index in [0.717, 1.165) is 12.1 Å². The van der Waals surface area contributed by atoms with Crippen LogP contribution in [-0.4, -0.2) is 30.3 Å². The average molecular weight is 508 g/mol. The lowest BCUT2D eigenvalue weighted by Gasteiger charge is -2.36. The molecule has 2 aromatic carbocycles. The number of rotatable bonds is 6. The molecule has 4 rings (SSSR count). The van der Waals surface area contributed by atoms with Crippen molar-refractivity contribution in [1.29, 1.82) is 0 Å². The van der Waals surface area contributed by atoms with Gasteiger partial charge in [0.1, 0.15) is 11.4 Å². The molecule has 1 unspecified atom stereocenters. The van der Waals surface area contributed by atoms with Gasteiger partial charge in [-0.05, 0) is 47.9 Å². The van der Waals surface area contributed by atoms with Gasteiger partial charge in [-0.2, -0.15) is 13.2 Å². The van der Waals surface area contributed by atoms with Gasteiger partial charge in [0.15, 0.2) is 0 Å². The molecule has 2 N–H and O–H groups in total. The number of nitrogens with one attached hydrogen (secondary N) is 2. The number of alkyl halides is 3. The van der Waals surface area contributed by atoms with Crippen molar-refractivity contribution in [3.05, 3.63) is 100 Å². The summed E-state index contributed by atoms with van der Waals surface area (Å²) in [5, 5.41) is 5.90. The Labute approximate surface area is 204 Å². The van der Waals surface area contributed by atoms with E-state index in [0.29, 0.717) is 36.3 Å². The fraction of sp³-hybridized carbons (Fsp3) is 0.280. The molecular formula is C25H22ClF4N3O2. The van der Waals surface area contributed by atoms with Crippen LogP contribution in [0.25, 0.3) is 0 Å². The smallest absolute Gasteiger partial charge is 0.379 e. The SMILES string of the molecule is O=C(NC1CCOC1)N[C@@](Cc1ccccc1)(c1cc(F)cc(C(F)(F)F)c1)c1ccc(Cl)cn1. The summed E-state index contributed by atoms with van der Waals surface area (Å²) >= 11 is 6.01. The molecule has 1 saturated heterocycles. The van der Waals surface area contributed by atoms with Crippen LogP contribution in [0.15, 0.2) is 66.9 Å². The predicted octanol–water partition coefficient (Wildman–Crippen LogP) is 5.47. The Kier molecular flexibility index (Phi) is 7.28. The first-order chi connectivity index (χ1) is 16.7. The van der Waals surface area contributed by atoms with Crippen LogP contribution in [0.3, 0.4) is 0 Å². The first-order valence-corrected chi connectivity index (χ1v) is 11.2. The van der Waals surface area contributed by atoms with Gasteiger partial charge in [0.25, 0.3) is 0 Å². The fourth-order valence-electron chi connectivity index (χ4n) is 4.11. The molecule has 1 aliphatic rings. The van der Waals surface area contributed by atoms with E-state index in [9.17, 15) is 22.4 Å². The van der Waals surface area contributed by atoms with Gasteiger partial charge in [-0.3, -0.25) is 4.98 Å². The van der Waals surface area contributed by atoms with Crippen molar-refractivity contribution in [3.63, 3.8) is 0 Å². The average Bonchev–Trinajstić information content (AvgIpc) is 3.31. The number of amides is 2. The highest BCUT2D eigenvalue weighted by Gasteiger charge is 2.41. The summed E-state index contributed by atoms with van der Waals surface area (Å²) < 4.78 is 60.8. The van der Waals surface area contributed by atoms with E-state index in [-0.39, 0.29) is 23.7 Å². The molecular weight excluding hydrogens is 486 g/mol. The monoisotopic (exact) mass is 507 g/mol. The lowest BCUT2D eigenvalue weighted by atomic mass is 9.79. The number of nitrogens with zero attached hydrogens (tertiary/aromatic N) is 1. The molecule has 1 aliphatic heterocycles. The predicted molar refractivity (Wildman–Crippen MR) is 122 cm³/mol. The summed E-state index contributed by atoms with van der Waals surface area (Å²) in [6.45, 7) is 0.800. The van der Waals surface area contributed by atoms with E-state index in [1.807, 2.05) is 0 Å². The van der Waals surface area contributed by atoms with Crippen LogP contribution in [0.5, 0.6) is 0 Å². The van der Waals surface area contributed by atoms with E-state index < -0.39 is 29.1 Å². The van der Waals surface area contributed by atoms with Gasteiger partial charge in [-0.25, -0.2) is 9.18 Å². The highest BCUT2D eigenvalue weighted by molar-refractivity contribution is 6.30. The van der Waals surface area contributed by atoms with Crippen molar-refractivity contribution in [2.24, 2.45) is 0 Å². The van der Waals surface area contributed by atoms with E-state index in [2.05, 4.69) is 15.6 Å². The van der Waals surface area contributed by atoms with E-state index in [1.54, 1.807) is 30.3 Å². The Balaban J connectivity index is 1.89. The number of carbonyl (C=O) groups excluding carboxylic acids is 1. The largest absolute Gasteiger partial charge is 0.416 e. The minimum Gasteiger partial charge on any atom is -0.379 e. The standard InChI is InChI=1S/C25H22ClF4N3O2/c26-19-6-7-22(31-14-19)24(13-16-4-2-1-3-5-16,33-23(34)32-21-8-9-35-15-21)17-10-18(25(28,29)30)12-20(27)11-17/h1-7,10-12,14,21H,8-9,13,15H2,(H2,32,33,34)/t21?,24-/m0/s1. The van der Waals surface area contributed by atoms with Crippen LogP contribution in [-0.2, 0) is 22.9 Å². The number of benzene rings is 2. The van der Waals surface area contributed by atoms with Gasteiger partial charge < -0.3 is 15.4 Å². The number of urea groups is 1. The Bertz CT molecular complexity index is 1170. The first kappa shape index (κ1) is 24.9. The van der Waals surface area contributed by atoms with E-state index in [1.165, 1.54) is 18.3 Å². The summed E-state index contributed by atoms with van der Waals surface area (Å²) in [4.78, 5) is 17.5. The zero-order valence-electron chi connectivity index (χ0n) is 18.4. The molecule has 1 aromatic heterocycles. The number of pyridine rings is 1. The zero-order valence-corrected chi connectivity index (χ0v) is 19.2. The van der Waals surface area contributed by atoms with Crippen LogP contribution < -0.4 is 10.6 Å². The number of hydrogen-bond donors (Lipinski definition) is 2. The summed E-state index contributed by atoms with van der Waals surface area (Å²) in [5.41, 5.74) is -2.06. The second kappa shape index (κ2) is 10.2. The van der Waals surface area contributed by atoms with Crippen molar-refractivity contribution in [1.82, 2.24) is 15.6 Å². The molecule has 1 fully saturated rings. The summed E-state index contributed by atoms with van der Waals surface area (Å²) in [6.07, 6.45) is -2.88. The van der Waals surface area contributed by atoms with Gasteiger partial charge >= 0.3 is 12.2 Å². The lowest BCUT2D eigenvalue weighted by molar-refractivity contribution is -0.137. The van der Waals surface area contributed by atoms with Crippen LogP contribution in [0.1, 0.15) is 28.8 Å². The highest BCUT2D eigenvalue weighted by Crippen LogP contribution is 2.37. The van der Waals surface area contributed by atoms with Crippen LogP contribution in [0.2, 0.25) is 5.02 Å². The second-order valence-electron chi connectivity index (χ2n) is 8.31. The number of ether oxygens (including phenoxy) is 1. The summed E-state index contributed by atoms with van der Waals surface area (Å²) in [6, 6.07) is 13.2. The van der Waals surface area contributed by atoms with Crippen molar-refractivity contribution in [2.45, 2.75) is 30.6 Å². The highest BCUT2D eigenvalue weighted by atomic mass is 35.5. The van der Waals surface area contributed by atoms with Crippen molar-refractivity contribution in [3.8, 4) is 0 Å².